The van der Waals surface area contributed by atoms with Crippen LogP contribution in [0.1, 0.15) is 0 Å². The van der Waals surface area contributed by atoms with Crippen molar-refractivity contribution >= 4 is 27.7 Å². The maximum atomic E-state index is 11.7. The highest BCUT2D eigenvalue weighted by atomic mass is 79.9. The fraction of sp³-hybridized carbons (Fsp3) is 0.500. The second-order valence-electron chi connectivity index (χ2n) is 3.80. The molecule has 0 spiro atoms. The number of carbonyl (C=O) groups is 1. The fourth-order valence-corrected chi connectivity index (χ4v) is 1.84. The number of rotatable bonds is 3. The first-order valence-electron chi connectivity index (χ1n) is 5.44. The van der Waals surface area contributed by atoms with Crippen molar-refractivity contribution in [2.75, 3.05) is 38.0 Å². The van der Waals surface area contributed by atoms with E-state index in [0.29, 0.717) is 17.0 Å². The van der Waals surface area contributed by atoms with Gasteiger partial charge in [-0.2, -0.15) is 0 Å². The van der Waals surface area contributed by atoms with Gasteiger partial charge in [0.05, 0.1) is 18.9 Å². The van der Waals surface area contributed by atoms with Crippen LogP contribution in [0.4, 0.5) is 5.82 Å². The van der Waals surface area contributed by atoms with E-state index in [2.05, 4.69) is 41.4 Å². The van der Waals surface area contributed by atoms with Gasteiger partial charge < -0.3 is 10.6 Å². The molecule has 1 aromatic heterocycles. The van der Waals surface area contributed by atoms with Crippen molar-refractivity contribution in [1.29, 1.82) is 0 Å². The van der Waals surface area contributed by atoms with Crippen molar-refractivity contribution in [3.63, 3.8) is 0 Å². The second kappa shape index (κ2) is 6.04. The van der Waals surface area contributed by atoms with Crippen LogP contribution >= 0.6 is 15.9 Å². The number of carbonyl (C=O) groups excluding carboxylic acids is 1. The molecule has 2 heterocycles. The molecule has 0 saturated carbocycles. The summed E-state index contributed by atoms with van der Waals surface area (Å²) in [6, 6.07) is 0. The van der Waals surface area contributed by atoms with Crippen LogP contribution in [0.15, 0.2) is 17.0 Å². The van der Waals surface area contributed by atoms with Crippen LogP contribution in [-0.4, -0.2) is 53.5 Å². The van der Waals surface area contributed by atoms with Gasteiger partial charge in [-0.3, -0.25) is 9.69 Å². The van der Waals surface area contributed by atoms with Crippen molar-refractivity contribution in [3.8, 4) is 0 Å². The number of amides is 1. The summed E-state index contributed by atoms with van der Waals surface area (Å²) in [4.78, 5) is 21.9. The van der Waals surface area contributed by atoms with Crippen LogP contribution in [0.25, 0.3) is 0 Å². The van der Waals surface area contributed by atoms with E-state index in [1.165, 1.54) is 6.20 Å². The lowest BCUT2D eigenvalue weighted by atomic mass is 10.3. The largest absolute Gasteiger partial charge is 0.314 e. The third kappa shape index (κ3) is 4.03. The monoisotopic (exact) mass is 299 g/mol. The van der Waals surface area contributed by atoms with Gasteiger partial charge in [-0.25, -0.2) is 9.97 Å². The van der Waals surface area contributed by atoms with Gasteiger partial charge in [0.25, 0.3) is 0 Å². The minimum atomic E-state index is -0.0523. The van der Waals surface area contributed by atoms with Crippen LogP contribution in [0.3, 0.4) is 0 Å². The summed E-state index contributed by atoms with van der Waals surface area (Å²) < 4.78 is 0.651. The molecule has 2 N–H and O–H groups in total. The number of piperazine rings is 1. The zero-order valence-electron chi connectivity index (χ0n) is 9.32. The Morgan fingerprint density at radius 2 is 2.18 bits per heavy atom. The molecule has 17 heavy (non-hydrogen) atoms. The van der Waals surface area contributed by atoms with Crippen molar-refractivity contribution < 1.29 is 4.79 Å². The minimum Gasteiger partial charge on any atom is -0.314 e. The molecule has 0 bridgehead atoms. The minimum absolute atomic E-state index is 0.0523. The zero-order valence-corrected chi connectivity index (χ0v) is 10.9. The Bertz CT molecular complexity index is 377. The summed E-state index contributed by atoms with van der Waals surface area (Å²) in [6.45, 7) is 4.08. The summed E-state index contributed by atoms with van der Waals surface area (Å²) in [7, 11) is 0. The van der Waals surface area contributed by atoms with Gasteiger partial charge in [-0.15, -0.1) is 0 Å². The molecule has 0 atom stereocenters. The van der Waals surface area contributed by atoms with E-state index >= 15 is 0 Å². The highest BCUT2D eigenvalue weighted by molar-refractivity contribution is 9.10. The number of aromatic nitrogens is 2. The van der Waals surface area contributed by atoms with E-state index in [4.69, 9.17) is 0 Å². The Kier molecular flexibility index (Phi) is 4.41. The average molecular weight is 300 g/mol. The fourth-order valence-electron chi connectivity index (χ4n) is 1.63. The smallest absolute Gasteiger partial charge is 0.239 e. The van der Waals surface area contributed by atoms with Gasteiger partial charge in [0, 0.05) is 26.2 Å². The van der Waals surface area contributed by atoms with Crippen molar-refractivity contribution in [1.82, 2.24) is 20.2 Å². The molecule has 1 aromatic rings. The standard InChI is InChI=1S/C10H14BrN5O/c11-8-5-14-9(6-13-8)15-10(17)7-16-3-1-12-2-4-16/h5-6,12H,1-4,7H2,(H,14,15,17). The maximum Gasteiger partial charge on any atom is 0.239 e. The number of hydrogen-bond donors (Lipinski definition) is 2. The Hall–Kier alpha value is -1.05. The molecule has 6 nitrogen and oxygen atoms in total. The van der Waals surface area contributed by atoms with Crippen molar-refractivity contribution in [3.05, 3.63) is 17.0 Å². The topological polar surface area (TPSA) is 70.2 Å². The third-order valence-electron chi connectivity index (χ3n) is 2.46. The molecule has 92 valence electrons. The van der Waals surface area contributed by atoms with Gasteiger partial charge in [0.2, 0.25) is 5.91 Å². The molecule has 7 heteroatoms. The number of hydrogen-bond acceptors (Lipinski definition) is 5. The third-order valence-corrected chi connectivity index (χ3v) is 2.87. The van der Waals surface area contributed by atoms with Gasteiger partial charge in [0.15, 0.2) is 5.82 Å². The molecule has 1 aliphatic heterocycles. The summed E-state index contributed by atoms with van der Waals surface area (Å²) in [5, 5.41) is 5.96. The van der Waals surface area contributed by atoms with Crippen molar-refractivity contribution in [2.24, 2.45) is 0 Å². The summed E-state index contributed by atoms with van der Waals surface area (Å²) in [6.07, 6.45) is 3.08. The summed E-state index contributed by atoms with van der Waals surface area (Å²) in [5.41, 5.74) is 0. The van der Waals surface area contributed by atoms with Gasteiger partial charge in [-0.1, -0.05) is 0 Å². The maximum absolute atomic E-state index is 11.7. The van der Waals surface area contributed by atoms with Crippen LogP contribution in [0.5, 0.6) is 0 Å². The molecule has 0 aliphatic carbocycles. The Morgan fingerprint density at radius 3 is 2.82 bits per heavy atom. The van der Waals surface area contributed by atoms with E-state index in [0.717, 1.165) is 26.2 Å². The molecule has 1 saturated heterocycles. The second-order valence-corrected chi connectivity index (χ2v) is 4.61. The zero-order chi connectivity index (χ0) is 12.1. The Morgan fingerprint density at radius 1 is 1.41 bits per heavy atom. The highest BCUT2D eigenvalue weighted by Gasteiger charge is 2.13. The van der Waals surface area contributed by atoms with E-state index in [9.17, 15) is 4.79 Å². The molecule has 1 aliphatic rings. The van der Waals surface area contributed by atoms with Gasteiger partial charge in [-0.05, 0) is 15.9 Å². The lowest BCUT2D eigenvalue weighted by molar-refractivity contribution is -0.117. The first kappa shape index (κ1) is 12.4. The molecular weight excluding hydrogens is 286 g/mol. The predicted octanol–water partition coefficient (Wildman–Crippen LogP) is 0.0828. The van der Waals surface area contributed by atoms with E-state index in [-0.39, 0.29) is 5.91 Å². The normalized spacial score (nSPS) is 16.8. The number of nitrogens with zero attached hydrogens (tertiary/aromatic N) is 3. The first-order chi connectivity index (χ1) is 8.24. The number of nitrogens with one attached hydrogen (secondary N) is 2. The average Bonchev–Trinajstić information content (AvgIpc) is 2.33. The molecule has 1 fully saturated rings. The van der Waals surface area contributed by atoms with E-state index in [1.807, 2.05) is 0 Å². The van der Waals surface area contributed by atoms with Gasteiger partial charge >= 0.3 is 0 Å². The summed E-state index contributed by atoms with van der Waals surface area (Å²) in [5.74, 6) is 0.428. The van der Waals surface area contributed by atoms with Crippen LogP contribution in [0, 0.1) is 0 Å². The molecule has 1 amide bonds. The molecule has 2 rings (SSSR count). The van der Waals surface area contributed by atoms with Crippen molar-refractivity contribution in [2.45, 2.75) is 0 Å². The first-order valence-corrected chi connectivity index (χ1v) is 6.24. The van der Waals surface area contributed by atoms with Crippen LogP contribution < -0.4 is 10.6 Å². The Labute approximate surface area is 108 Å². The molecular formula is C10H14BrN5O. The Balaban J connectivity index is 1.82. The van der Waals surface area contributed by atoms with Crippen LogP contribution in [0.2, 0.25) is 0 Å². The molecule has 0 aromatic carbocycles. The molecule has 0 radical (unpaired) electrons. The SMILES string of the molecule is O=C(CN1CCNCC1)Nc1cnc(Br)cn1. The van der Waals surface area contributed by atoms with Crippen LogP contribution in [-0.2, 0) is 4.79 Å². The quantitative estimate of drug-likeness (QED) is 0.827. The molecule has 0 unspecified atom stereocenters. The lowest BCUT2D eigenvalue weighted by Crippen LogP contribution is -2.46. The highest BCUT2D eigenvalue weighted by Crippen LogP contribution is 2.06. The van der Waals surface area contributed by atoms with E-state index < -0.39 is 0 Å². The predicted molar refractivity (Wildman–Crippen MR) is 67.7 cm³/mol. The number of halogens is 1. The van der Waals surface area contributed by atoms with E-state index in [1.54, 1.807) is 6.20 Å². The lowest BCUT2D eigenvalue weighted by Gasteiger charge is -2.26. The number of anilines is 1. The van der Waals surface area contributed by atoms with Gasteiger partial charge in [0.1, 0.15) is 4.60 Å². The summed E-state index contributed by atoms with van der Waals surface area (Å²) >= 11 is 3.19.